The molecule has 0 N–H and O–H groups in total. The van der Waals surface area contributed by atoms with Gasteiger partial charge in [0.25, 0.3) is 0 Å². The van der Waals surface area contributed by atoms with Crippen molar-refractivity contribution in [1.29, 1.82) is 0 Å². The zero-order chi connectivity index (χ0) is 31.3. The van der Waals surface area contributed by atoms with Crippen LogP contribution in [-0.4, -0.2) is 6.16 Å². The fraction of sp³-hybridized carbons (Fsp3) is 0.683. The highest BCUT2D eigenvalue weighted by molar-refractivity contribution is 5.61. The van der Waals surface area contributed by atoms with Gasteiger partial charge in [-0.15, -0.1) is 0 Å². The molecule has 0 fully saturated rings. The van der Waals surface area contributed by atoms with Crippen molar-refractivity contribution < 1.29 is 14.3 Å². The summed E-state index contributed by atoms with van der Waals surface area (Å²) in [7, 11) is 0. The van der Waals surface area contributed by atoms with Gasteiger partial charge in [0.2, 0.25) is 0 Å². The maximum absolute atomic E-state index is 13.2. The van der Waals surface area contributed by atoms with E-state index in [2.05, 4.69) is 38.1 Å². The first-order valence-corrected chi connectivity index (χ1v) is 18.7. The van der Waals surface area contributed by atoms with Crippen LogP contribution in [0.3, 0.4) is 0 Å². The van der Waals surface area contributed by atoms with Crippen LogP contribution in [0.4, 0.5) is 4.79 Å². The van der Waals surface area contributed by atoms with Gasteiger partial charge in [0.05, 0.1) is 0 Å². The van der Waals surface area contributed by atoms with E-state index in [1.54, 1.807) is 0 Å². The van der Waals surface area contributed by atoms with E-state index in [4.69, 9.17) is 9.47 Å². The zero-order valence-corrected chi connectivity index (χ0v) is 28.6. The number of ether oxygens (including phenoxy) is 2. The van der Waals surface area contributed by atoms with Crippen LogP contribution < -0.4 is 0 Å². The molecule has 3 nitrogen and oxygen atoms in total. The Bertz CT molecular complexity index is 823. The summed E-state index contributed by atoms with van der Waals surface area (Å²) in [4.78, 5) is 13.2. The Kier molecular flexibility index (Phi) is 23.3. The SMILES string of the molecule is CCCCCCCCCCCCCC(OC(=O)OC(CCCCCCCCCCCCC)c1ccccc1)c1ccccc1. The molecule has 2 atom stereocenters. The largest absolute Gasteiger partial charge is 0.509 e. The zero-order valence-electron chi connectivity index (χ0n) is 28.6. The van der Waals surface area contributed by atoms with Gasteiger partial charge in [-0.2, -0.15) is 0 Å². The second-order valence-corrected chi connectivity index (χ2v) is 12.9. The molecule has 2 rings (SSSR count). The van der Waals surface area contributed by atoms with Gasteiger partial charge in [-0.3, -0.25) is 0 Å². The highest BCUT2D eigenvalue weighted by atomic mass is 16.7. The van der Waals surface area contributed by atoms with Gasteiger partial charge in [-0.25, -0.2) is 4.79 Å². The van der Waals surface area contributed by atoms with E-state index >= 15 is 0 Å². The van der Waals surface area contributed by atoms with E-state index in [9.17, 15) is 4.79 Å². The van der Waals surface area contributed by atoms with Gasteiger partial charge < -0.3 is 9.47 Å². The highest BCUT2D eigenvalue weighted by Crippen LogP contribution is 2.29. The molecule has 0 saturated carbocycles. The van der Waals surface area contributed by atoms with E-state index in [0.29, 0.717) is 0 Å². The van der Waals surface area contributed by atoms with Crippen molar-refractivity contribution in [2.45, 2.75) is 180 Å². The molecule has 0 amide bonds. The molecule has 44 heavy (non-hydrogen) atoms. The van der Waals surface area contributed by atoms with Crippen LogP contribution >= 0.6 is 0 Å². The van der Waals surface area contributed by atoms with Crippen LogP contribution in [-0.2, 0) is 9.47 Å². The minimum atomic E-state index is -0.543. The molecule has 0 bridgehead atoms. The quantitative estimate of drug-likeness (QED) is 0.0714. The van der Waals surface area contributed by atoms with Crippen molar-refractivity contribution in [3.63, 3.8) is 0 Å². The Morgan fingerprint density at radius 3 is 1.00 bits per heavy atom. The normalized spacial score (nSPS) is 12.6. The van der Waals surface area contributed by atoms with Crippen LogP contribution in [0.15, 0.2) is 60.7 Å². The van der Waals surface area contributed by atoms with Gasteiger partial charge >= 0.3 is 6.16 Å². The number of rotatable bonds is 28. The molecule has 0 heterocycles. The smallest absolute Gasteiger partial charge is 0.426 e. The first-order valence-electron chi connectivity index (χ1n) is 18.7. The second-order valence-electron chi connectivity index (χ2n) is 12.9. The van der Waals surface area contributed by atoms with E-state index in [1.165, 1.54) is 128 Å². The standard InChI is InChI=1S/C41H66O3/c1-3-5-7-9-11-13-15-17-19-21-29-35-39(37-31-25-23-26-32-37)43-41(42)44-40(38-33-27-24-28-34-38)36-30-22-20-18-16-14-12-10-8-6-4-2/h23-28,31-34,39-40H,3-22,29-30,35-36H2,1-2H3. The summed E-state index contributed by atoms with van der Waals surface area (Å²) in [5.41, 5.74) is 2.11. The van der Waals surface area contributed by atoms with Crippen molar-refractivity contribution in [2.75, 3.05) is 0 Å². The number of benzene rings is 2. The Morgan fingerprint density at radius 1 is 0.432 bits per heavy atom. The van der Waals surface area contributed by atoms with Crippen molar-refractivity contribution in [3.8, 4) is 0 Å². The Morgan fingerprint density at radius 2 is 0.705 bits per heavy atom. The first-order chi connectivity index (χ1) is 21.7. The molecule has 2 aromatic rings. The van der Waals surface area contributed by atoms with E-state index in [0.717, 1.165) is 36.8 Å². The predicted molar refractivity (Wildman–Crippen MR) is 188 cm³/mol. The molecule has 0 aliphatic heterocycles. The van der Waals surface area contributed by atoms with E-state index in [1.807, 2.05) is 36.4 Å². The van der Waals surface area contributed by atoms with Crippen molar-refractivity contribution in [1.82, 2.24) is 0 Å². The number of carbonyl (C=O) groups is 1. The van der Waals surface area contributed by atoms with Gasteiger partial charge in [0.15, 0.2) is 0 Å². The van der Waals surface area contributed by atoms with Gasteiger partial charge in [0.1, 0.15) is 12.2 Å². The van der Waals surface area contributed by atoms with Gasteiger partial charge in [-0.05, 0) is 36.8 Å². The molecule has 0 aliphatic rings. The van der Waals surface area contributed by atoms with Crippen molar-refractivity contribution >= 4 is 6.16 Å². The molecule has 0 radical (unpaired) electrons. The molecule has 0 spiro atoms. The lowest BCUT2D eigenvalue weighted by atomic mass is 10.0. The monoisotopic (exact) mass is 607 g/mol. The maximum Gasteiger partial charge on any atom is 0.509 e. The summed E-state index contributed by atoms with van der Waals surface area (Å²) >= 11 is 0. The van der Waals surface area contributed by atoms with Crippen molar-refractivity contribution in [2.24, 2.45) is 0 Å². The Balaban J connectivity index is 1.75. The molecule has 2 aromatic carbocycles. The molecule has 0 aliphatic carbocycles. The van der Waals surface area contributed by atoms with Crippen LogP contribution in [0.1, 0.15) is 191 Å². The third-order valence-electron chi connectivity index (χ3n) is 8.96. The third-order valence-corrected chi connectivity index (χ3v) is 8.96. The number of hydrogen-bond donors (Lipinski definition) is 0. The van der Waals surface area contributed by atoms with Crippen LogP contribution in [0.25, 0.3) is 0 Å². The molecule has 3 heteroatoms. The minimum Gasteiger partial charge on any atom is -0.426 e. The first kappa shape index (κ1) is 37.9. The van der Waals surface area contributed by atoms with Gasteiger partial charge in [-0.1, -0.05) is 203 Å². The second kappa shape index (κ2) is 27.1. The summed E-state index contributed by atoms with van der Waals surface area (Å²) in [6, 6.07) is 20.4. The summed E-state index contributed by atoms with van der Waals surface area (Å²) in [5, 5.41) is 0. The topological polar surface area (TPSA) is 35.5 Å². The lowest BCUT2D eigenvalue weighted by Gasteiger charge is -2.22. The molecular weight excluding hydrogens is 540 g/mol. The summed E-state index contributed by atoms with van der Waals surface area (Å²) in [5.74, 6) is 0. The maximum atomic E-state index is 13.2. The Hall–Kier alpha value is -2.29. The molecule has 0 aromatic heterocycles. The fourth-order valence-electron chi connectivity index (χ4n) is 6.17. The average Bonchev–Trinajstić information content (AvgIpc) is 3.05. The molecule has 248 valence electrons. The van der Waals surface area contributed by atoms with Crippen molar-refractivity contribution in [3.05, 3.63) is 71.8 Å². The minimum absolute atomic E-state index is 0.263. The third kappa shape index (κ3) is 19.2. The number of hydrogen-bond acceptors (Lipinski definition) is 3. The number of carbonyl (C=O) groups excluding carboxylic acids is 1. The summed E-state index contributed by atoms with van der Waals surface area (Å²) in [6.45, 7) is 4.55. The van der Waals surface area contributed by atoms with E-state index < -0.39 is 6.16 Å². The van der Waals surface area contributed by atoms with Gasteiger partial charge in [0, 0.05) is 0 Å². The molecule has 0 saturated heterocycles. The molecular formula is C41H66O3. The summed E-state index contributed by atoms with van der Waals surface area (Å²) in [6.07, 6.45) is 29.4. The van der Waals surface area contributed by atoms with Crippen LogP contribution in [0, 0.1) is 0 Å². The lowest BCUT2D eigenvalue weighted by molar-refractivity contribution is -0.00869. The average molecular weight is 607 g/mol. The Labute approximate surface area is 271 Å². The molecule has 2 unspecified atom stereocenters. The fourth-order valence-corrected chi connectivity index (χ4v) is 6.17. The lowest BCUT2D eigenvalue weighted by Crippen LogP contribution is -2.16. The van der Waals surface area contributed by atoms with Crippen LogP contribution in [0.2, 0.25) is 0 Å². The number of unbranched alkanes of at least 4 members (excludes halogenated alkanes) is 20. The summed E-state index contributed by atoms with van der Waals surface area (Å²) < 4.78 is 12.1. The predicted octanol–water partition coefficient (Wildman–Crippen LogP) is 14.0. The van der Waals surface area contributed by atoms with Crippen LogP contribution in [0.5, 0.6) is 0 Å². The highest BCUT2D eigenvalue weighted by Gasteiger charge is 2.22. The van der Waals surface area contributed by atoms with E-state index in [-0.39, 0.29) is 12.2 Å².